The molecule has 4 heteroatoms. The van der Waals surface area contributed by atoms with Crippen LogP contribution in [0.5, 0.6) is 0 Å². The fourth-order valence-electron chi connectivity index (χ4n) is 1.27. The van der Waals surface area contributed by atoms with E-state index in [0.717, 1.165) is 5.56 Å². The molecule has 1 rings (SSSR count). The first kappa shape index (κ1) is 12.1. The summed E-state index contributed by atoms with van der Waals surface area (Å²) in [5.74, 6) is -1.11. The first-order chi connectivity index (χ1) is 7.04. The number of halogens is 2. The lowest BCUT2D eigenvalue weighted by Gasteiger charge is -2.10. The lowest BCUT2D eigenvalue weighted by atomic mass is 9.96. The van der Waals surface area contributed by atoms with Gasteiger partial charge in [0.2, 0.25) is 0 Å². The van der Waals surface area contributed by atoms with Crippen molar-refractivity contribution in [2.45, 2.75) is 12.3 Å². The van der Waals surface area contributed by atoms with Gasteiger partial charge in [-0.1, -0.05) is 35.3 Å². The summed E-state index contributed by atoms with van der Waals surface area (Å²) in [4.78, 5) is 10.6. The molecular formula is C11H10Cl2O2. The molecule has 15 heavy (non-hydrogen) atoms. The summed E-state index contributed by atoms with van der Waals surface area (Å²) in [6.07, 6.45) is 1.59. The topological polar surface area (TPSA) is 37.3 Å². The number of benzene rings is 1. The summed E-state index contributed by atoms with van der Waals surface area (Å²) in [6.45, 7) is 3.60. The molecule has 80 valence electrons. The van der Waals surface area contributed by atoms with Gasteiger partial charge in [-0.15, -0.1) is 6.58 Å². The first-order valence-electron chi connectivity index (χ1n) is 4.34. The molecule has 0 aliphatic rings. The number of hydrogen-bond acceptors (Lipinski definition) is 1. The molecule has 0 saturated heterocycles. The minimum atomic E-state index is -0.869. The Kier molecular flexibility index (Phi) is 4.18. The smallest absolute Gasteiger partial charge is 0.304 e. The minimum Gasteiger partial charge on any atom is -0.481 e. The number of carboxylic acids is 1. The highest BCUT2D eigenvalue weighted by Crippen LogP contribution is 2.28. The number of rotatable bonds is 4. The van der Waals surface area contributed by atoms with Gasteiger partial charge in [0.1, 0.15) is 0 Å². The van der Waals surface area contributed by atoms with Gasteiger partial charge in [0.25, 0.3) is 0 Å². The Balaban J connectivity index is 2.97. The third-order valence-electron chi connectivity index (χ3n) is 2.05. The van der Waals surface area contributed by atoms with E-state index in [4.69, 9.17) is 28.3 Å². The van der Waals surface area contributed by atoms with Gasteiger partial charge in [-0.2, -0.15) is 0 Å². The van der Waals surface area contributed by atoms with Crippen molar-refractivity contribution in [1.82, 2.24) is 0 Å². The summed E-state index contributed by atoms with van der Waals surface area (Å²) in [6, 6.07) is 5.07. The van der Waals surface area contributed by atoms with Crippen LogP contribution in [0.2, 0.25) is 10.0 Å². The fraction of sp³-hybridized carbons (Fsp3) is 0.182. The second kappa shape index (κ2) is 5.19. The van der Waals surface area contributed by atoms with Gasteiger partial charge in [-0.05, 0) is 17.7 Å². The van der Waals surface area contributed by atoms with Gasteiger partial charge in [0.05, 0.1) is 16.5 Å². The summed E-state index contributed by atoms with van der Waals surface area (Å²) < 4.78 is 0. The van der Waals surface area contributed by atoms with Gasteiger partial charge < -0.3 is 5.11 Å². The SMILES string of the molecule is C=CC(CC(=O)O)c1ccc(Cl)c(Cl)c1. The number of allylic oxidation sites excluding steroid dienone is 1. The molecule has 0 aliphatic heterocycles. The fourth-order valence-corrected chi connectivity index (χ4v) is 1.57. The van der Waals surface area contributed by atoms with Crippen molar-refractivity contribution >= 4 is 29.2 Å². The van der Waals surface area contributed by atoms with Crippen LogP contribution in [-0.2, 0) is 4.79 Å². The number of carboxylic acid groups (broad SMARTS) is 1. The van der Waals surface area contributed by atoms with E-state index < -0.39 is 5.97 Å². The predicted octanol–water partition coefficient (Wildman–Crippen LogP) is 3.74. The predicted molar refractivity (Wildman–Crippen MR) is 61.7 cm³/mol. The Morgan fingerprint density at radius 2 is 2.13 bits per heavy atom. The van der Waals surface area contributed by atoms with Crippen LogP contribution in [0.1, 0.15) is 17.9 Å². The summed E-state index contributed by atoms with van der Waals surface area (Å²) in [7, 11) is 0. The molecule has 0 saturated carbocycles. The molecule has 0 spiro atoms. The molecule has 1 atom stereocenters. The zero-order valence-corrected chi connectivity index (χ0v) is 9.42. The average molecular weight is 245 g/mol. The van der Waals surface area contributed by atoms with Crippen molar-refractivity contribution in [3.63, 3.8) is 0 Å². The normalized spacial score (nSPS) is 12.1. The summed E-state index contributed by atoms with van der Waals surface area (Å²) in [5.41, 5.74) is 0.807. The molecule has 1 aromatic rings. The van der Waals surface area contributed by atoms with E-state index in [-0.39, 0.29) is 12.3 Å². The highest BCUT2D eigenvalue weighted by atomic mass is 35.5. The highest BCUT2D eigenvalue weighted by Gasteiger charge is 2.12. The molecule has 0 amide bonds. The van der Waals surface area contributed by atoms with E-state index in [9.17, 15) is 4.79 Å². The van der Waals surface area contributed by atoms with E-state index in [1.807, 2.05) is 0 Å². The molecule has 0 bridgehead atoms. The van der Waals surface area contributed by atoms with E-state index in [0.29, 0.717) is 10.0 Å². The zero-order valence-electron chi connectivity index (χ0n) is 7.91. The molecule has 1 aromatic carbocycles. The molecule has 0 heterocycles. The molecular weight excluding hydrogens is 235 g/mol. The molecule has 0 aliphatic carbocycles. The third-order valence-corrected chi connectivity index (χ3v) is 2.79. The Bertz CT molecular complexity index is 388. The van der Waals surface area contributed by atoms with Crippen molar-refractivity contribution in [3.8, 4) is 0 Å². The van der Waals surface area contributed by atoms with Gasteiger partial charge in [-0.25, -0.2) is 0 Å². The summed E-state index contributed by atoms with van der Waals surface area (Å²) >= 11 is 11.6. The van der Waals surface area contributed by atoms with E-state index in [1.54, 1.807) is 24.3 Å². The van der Waals surface area contributed by atoms with Crippen LogP contribution in [0.15, 0.2) is 30.9 Å². The highest BCUT2D eigenvalue weighted by molar-refractivity contribution is 6.42. The maximum Gasteiger partial charge on any atom is 0.304 e. The molecule has 0 aromatic heterocycles. The second-order valence-corrected chi connectivity index (χ2v) is 3.93. The molecule has 1 unspecified atom stereocenters. The largest absolute Gasteiger partial charge is 0.481 e. The van der Waals surface area contributed by atoms with Crippen molar-refractivity contribution in [3.05, 3.63) is 46.5 Å². The van der Waals surface area contributed by atoms with Crippen LogP contribution in [-0.4, -0.2) is 11.1 Å². The van der Waals surface area contributed by atoms with Crippen molar-refractivity contribution in [2.24, 2.45) is 0 Å². The maximum atomic E-state index is 10.6. The molecule has 0 radical (unpaired) electrons. The van der Waals surface area contributed by atoms with E-state index in [2.05, 4.69) is 6.58 Å². The van der Waals surface area contributed by atoms with Crippen LogP contribution in [0.25, 0.3) is 0 Å². The monoisotopic (exact) mass is 244 g/mol. The lowest BCUT2D eigenvalue weighted by Crippen LogP contribution is -2.03. The van der Waals surface area contributed by atoms with E-state index >= 15 is 0 Å². The Morgan fingerprint density at radius 3 is 2.60 bits per heavy atom. The Morgan fingerprint density at radius 1 is 1.47 bits per heavy atom. The van der Waals surface area contributed by atoms with Gasteiger partial charge in [0, 0.05) is 5.92 Å². The van der Waals surface area contributed by atoms with Crippen molar-refractivity contribution in [1.29, 1.82) is 0 Å². The Hall–Kier alpha value is -0.990. The van der Waals surface area contributed by atoms with Crippen LogP contribution < -0.4 is 0 Å². The van der Waals surface area contributed by atoms with Crippen LogP contribution in [0, 0.1) is 0 Å². The molecule has 2 nitrogen and oxygen atoms in total. The number of aliphatic carboxylic acids is 1. The number of carbonyl (C=O) groups is 1. The lowest BCUT2D eigenvalue weighted by molar-refractivity contribution is -0.137. The Labute approximate surface area is 98.1 Å². The standard InChI is InChI=1S/C11H10Cl2O2/c1-2-7(6-11(14)15)8-3-4-9(12)10(13)5-8/h2-5,7H,1,6H2,(H,14,15). The third kappa shape index (κ3) is 3.26. The van der Waals surface area contributed by atoms with Crippen LogP contribution >= 0.6 is 23.2 Å². The molecule has 1 N–H and O–H groups in total. The van der Waals surface area contributed by atoms with Crippen molar-refractivity contribution < 1.29 is 9.90 Å². The second-order valence-electron chi connectivity index (χ2n) is 3.11. The van der Waals surface area contributed by atoms with Crippen LogP contribution in [0.3, 0.4) is 0 Å². The van der Waals surface area contributed by atoms with Gasteiger partial charge in [0.15, 0.2) is 0 Å². The quantitative estimate of drug-likeness (QED) is 0.820. The van der Waals surface area contributed by atoms with Crippen molar-refractivity contribution in [2.75, 3.05) is 0 Å². The summed E-state index contributed by atoms with van der Waals surface area (Å²) in [5, 5.41) is 9.57. The average Bonchev–Trinajstić information content (AvgIpc) is 2.18. The van der Waals surface area contributed by atoms with E-state index in [1.165, 1.54) is 0 Å². The van der Waals surface area contributed by atoms with Gasteiger partial charge in [-0.3, -0.25) is 4.79 Å². The van der Waals surface area contributed by atoms with Crippen LogP contribution in [0.4, 0.5) is 0 Å². The zero-order chi connectivity index (χ0) is 11.4. The first-order valence-corrected chi connectivity index (χ1v) is 5.09. The minimum absolute atomic E-state index is 0.00145. The van der Waals surface area contributed by atoms with Gasteiger partial charge >= 0.3 is 5.97 Å². The number of hydrogen-bond donors (Lipinski definition) is 1. The molecule has 0 fully saturated rings. The maximum absolute atomic E-state index is 10.6.